The van der Waals surface area contributed by atoms with Crippen molar-refractivity contribution >= 4 is 0 Å². The van der Waals surface area contributed by atoms with Crippen LogP contribution in [-0.2, 0) is 16.9 Å². The van der Waals surface area contributed by atoms with E-state index in [1.165, 1.54) is 12.8 Å². The maximum Gasteiger partial charge on any atom is 0.160 e. The molecule has 1 aromatic rings. The maximum absolute atomic E-state index is 6.20. The Hall–Kier alpha value is -1.00. The molecule has 21 heavy (non-hydrogen) atoms. The van der Waals surface area contributed by atoms with Crippen LogP contribution < -0.4 is 5.32 Å². The number of hydrogen-bond donors (Lipinski definition) is 1. The SMILES string of the molecule is CCNCc1cc(C)nc(C2(OCC)CCCC(C)C2)n1. The fourth-order valence-corrected chi connectivity index (χ4v) is 3.36. The van der Waals surface area contributed by atoms with Crippen LogP contribution in [0.25, 0.3) is 0 Å². The van der Waals surface area contributed by atoms with Crippen LogP contribution in [-0.4, -0.2) is 23.1 Å². The van der Waals surface area contributed by atoms with Crippen LogP contribution >= 0.6 is 0 Å². The average molecular weight is 291 g/mol. The van der Waals surface area contributed by atoms with Gasteiger partial charge in [0.1, 0.15) is 5.60 Å². The van der Waals surface area contributed by atoms with Crippen LogP contribution in [0.15, 0.2) is 6.07 Å². The highest BCUT2D eigenvalue weighted by molar-refractivity contribution is 5.15. The van der Waals surface area contributed by atoms with Crippen LogP contribution in [0.5, 0.6) is 0 Å². The minimum Gasteiger partial charge on any atom is -0.367 e. The summed E-state index contributed by atoms with van der Waals surface area (Å²) < 4.78 is 6.20. The Morgan fingerprint density at radius 3 is 2.86 bits per heavy atom. The summed E-state index contributed by atoms with van der Waals surface area (Å²) in [6, 6.07) is 2.07. The van der Waals surface area contributed by atoms with Gasteiger partial charge in [-0.3, -0.25) is 0 Å². The third kappa shape index (κ3) is 4.01. The molecule has 1 heterocycles. The molecular weight excluding hydrogens is 262 g/mol. The average Bonchev–Trinajstić information content (AvgIpc) is 2.45. The summed E-state index contributed by atoms with van der Waals surface area (Å²) in [5, 5.41) is 3.34. The molecule has 1 N–H and O–H groups in total. The predicted octanol–water partition coefficient (Wildman–Crippen LogP) is 3.34. The van der Waals surface area contributed by atoms with Gasteiger partial charge in [-0.25, -0.2) is 9.97 Å². The van der Waals surface area contributed by atoms with Crippen molar-refractivity contribution in [3.8, 4) is 0 Å². The number of aryl methyl sites for hydroxylation is 1. The van der Waals surface area contributed by atoms with E-state index in [0.717, 1.165) is 43.1 Å². The van der Waals surface area contributed by atoms with E-state index in [1.807, 2.05) is 6.92 Å². The summed E-state index contributed by atoms with van der Waals surface area (Å²) >= 11 is 0. The quantitative estimate of drug-likeness (QED) is 0.873. The van der Waals surface area contributed by atoms with E-state index in [0.29, 0.717) is 12.5 Å². The summed E-state index contributed by atoms with van der Waals surface area (Å²) in [6.45, 7) is 11.0. The largest absolute Gasteiger partial charge is 0.367 e. The van der Waals surface area contributed by atoms with Crippen molar-refractivity contribution in [2.45, 2.75) is 65.5 Å². The molecule has 0 radical (unpaired) electrons. The molecule has 1 aliphatic carbocycles. The third-order valence-corrected chi connectivity index (χ3v) is 4.25. The zero-order valence-corrected chi connectivity index (χ0v) is 13.9. The lowest BCUT2D eigenvalue weighted by molar-refractivity contribution is -0.0883. The Morgan fingerprint density at radius 1 is 1.38 bits per heavy atom. The van der Waals surface area contributed by atoms with Crippen LogP contribution in [0.1, 0.15) is 63.7 Å². The first-order valence-corrected chi connectivity index (χ1v) is 8.29. The van der Waals surface area contributed by atoms with E-state index in [9.17, 15) is 0 Å². The predicted molar refractivity (Wildman–Crippen MR) is 85.1 cm³/mol. The molecule has 4 nitrogen and oxygen atoms in total. The molecular formula is C17H29N3O. The smallest absolute Gasteiger partial charge is 0.160 e. The minimum absolute atomic E-state index is 0.278. The van der Waals surface area contributed by atoms with E-state index in [-0.39, 0.29) is 5.60 Å². The van der Waals surface area contributed by atoms with Gasteiger partial charge in [-0.15, -0.1) is 0 Å². The molecule has 1 aliphatic rings. The molecule has 0 saturated heterocycles. The van der Waals surface area contributed by atoms with Crippen molar-refractivity contribution in [3.05, 3.63) is 23.3 Å². The zero-order chi connectivity index (χ0) is 15.3. The van der Waals surface area contributed by atoms with E-state index >= 15 is 0 Å². The molecule has 0 aliphatic heterocycles. The third-order valence-electron chi connectivity index (χ3n) is 4.25. The van der Waals surface area contributed by atoms with Gasteiger partial charge < -0.3 is 10.1 Å². The number of nitrogens with zero attached hydrogens (tertiary/aromatic N) is 2. The van der Waals surface area contributed by atoms with Crippen molar-refractivity contribution in [2.75, 3.05) is 13.2 Å². The monoisotopic (exact) mass is 291 g/mol. The number of aromatic nitrogens is 2. The Balaban J connectivity index is 2.32. The van der Waals surface area contributed by atoms with Gasteiger partial charge in [0.2, 0.25) is 0 Å². The lowest BCUT2D eigenvalue weighted by atomic mass is 9.78. The van der Waals surface area contributed by atoms with Gasteiger partial charge in [0.15, 0.2) is 5.82 Å². The first-order chi connectivity index (χ1) is 10.1. The van der Waals surface area contributed by atoms with Crippen LogP contribution in [0.2, 0.25) is 0 Å². The summed E-state index contributed by atoms with van der Waals surface area (Å²) in [7, 11) is 0. The van der Waals surface area contributed by atoms with Crippen molar-refractivity contribution < 1.29 is 4.74 Å². The Labute approximate surface area is 128 Å². The molecule has 118 valence electrons. The number of nitrogens with one attached hydrogen (secondary N) is 1. The highest BCUT2D eigenvalue weighted by Crippen LogP contribution is 2.41. The molecule has 2 rings (SSSR count). The standard InChI is InChI=1S/C17H29N3O/c1-5-18-12-15-10-14(4)19-16(20-15)17(21-6-2)9-7-8-13(3)11-17/h10,13,18H,5-9,11-12H2,1-4H3. The topological polar surface area (TPSA) is 47.0 Å². The normalized spacial score (nSPS) is 26.0. The summed E-state index contributed by atoms with van der Waals surface area (Å²) in [5.74, 6) is 1.57. The summed E-state index contributed by atoms with van der Waals surface area (Å²) in [4.78, 5) is 9.55. The van der Waals surface area contributed by atoms with Gasteiger partial charge in [-0.2, -0.15) is 0 Å². The first kappa shape index (κ1) is 16.4. The molecule has 0 spiro atoms. The molecule has 4 heteroatoms. The highest BCUT2D eigenvalue weighted by Gasteiger charge is 2.40. The number of hydrogen-bond acceptors (Lipinski definition) is 4. The molecule has 0 bridgehead atoms. The van der Waals surface area contributed by atoms with Crippen LogP contribution in [0.4, 0.5) is 0 Å². The second-order valence-corrected chi connectivity index (χ2v) is 6.23. The lowest BCUT2D eigenvalue weighted by Crippen LogP contribution is -2.37. The fraction of sp³-hybridized carbons (Fsp3) is 0.765. The second-order valence-electron chi connectivity index (χ2n) is 6.23. The van der Waals surface area contributed by atoms with Crippen LogP contribution in [0.3, 0.4) is 0 Å². The van der Waals surface area contributed by atoms with Crippen molar-refractivity contribution in [2.24, 2.45) is 5.92 Å². The minimum atomic E-state index is -0.278. The Bertz CT molecular complexity index is 459. The molecule has 1 aromatic heterocycles. The summed E-state index contributed by atoms with van der Waals surface area (Å²) in [6.07, 6.45) is 4.55. The van der Waals surface area contributed by atoms with Crippen LogP contribution in [0, 0.1) is 12.8 Å². The van der Waals surface area contributed by atoms with Gasteiger partial charge >= 0.3 is 0 Å². The van der Waals surface area contributed by atoms with Gasteiger partial charge in [0.25, 0.3) is 0 Å². The highest BCUT2D eigenvalue weighted by atomic mass is 16.5. The van der Waals surface area contributed by atoms with Gasteiger partial charge in [0, 0.05) is 18.8 Å². The van der Waals surface area contributed by atoms with Gasteiger partial charge in [0.05, 0.1) is 5.69 Å². The number of rotatable bonds is 6. The Morgan fingerprint density at radius 2 is 2.19 bits per heavy atom. The molecule has 1 saturated carbocycles. The van der Waals surface area contributed by atoms with Crippen molar-refractivity contribution in [3.63, 3.8) is 0 Å². The second kappa shape index (κ2) is 7.32. The molecule has 2 atom stereocenters. The van der Waals surface area contributed by atoms with Gasteiger partial charge in [-0.05, 0) is 51.6 Å². The first-order valence-electron chi connectivity index (χ1n) is 8.29. The van der Waals surface area contributed by atoms with Gasteiger partial charge in [-0.1, -0.05) is 20.3 Å². The van der Waals surface area contributed by atoms with Crippen molar-refractivity contribution in [1.82, 2.24) is 15.3 Å². The van der Waals surface area contributed by atoms with E-state index in [2.05, 4.69) is 32.2 Å². The maximum atomic E-state index is 6.20. The molecule has 0 amide bonds. The molecule has 1 fully saturated rings. The molecule has 2 unspecified atom stereocenters. The molecule has 0 aromatic carbocycles. The van der Waals surface area contributed by atoms with E-state index in [4.69, 9.17) is 14.7 Å². The van der Waals surface area contributed by atoms with E-state index < -0.39 is 0 Å². The zero-order valence-electron chi connectivity index (χ0n) is 13.9. The lowest BCUT2D eigenvalue weighted by Gasteiger charge is -2.38. The number of ether oxygens (including phenoxy) is 1. The fourth-order valence-electron chi connectivity index (χ4n) is 3.36. The van der Waals surface area contributed by atoms with E-state index in [1.54, 1.807) is 0 Å². The van der Waals surface area contributed by atoms with Crippen molar-refractivity contribution in [1.29, 1.82) is 0 Å². The summed E-state index contributed by atoms with van der Waals surface area (Å²) in [5.41, 5.74) is 1.82. The Kier molecular flexibility index (Phi) is 5.71.